The molecule has 2 N–H and O–H groups in total. The molecule has 0 aliphatic heterocycles. The minimum absolute atomic E-state index is 0.0783. The Labute approximate surface area is 81.1 Å². The van der Waals surface area contributed by atoms with Crippen molar-refractivity contribution >= 4 is 5.91 Å². The highest BCUT2D eigenvalue weighted by atomic mass is 19.4. The second kappa shape index (κ2) is 5.85. The Balaban J connectivity index is 3.57. The number of nitrogens with one attached hydrogen (secondary N) is 2. The largest absolute Gasteiger partial charge is 0.405 e. The summed E-state index contributed by atoms with van der Waals surface area (Å²) in [5.74, 6) is -0.636. The summed E-state index contributed by atoms with van der Waals surface area (Å²) in [4.78, 5) is 10.8. The molecule has 84 valence electrons. The van der Waals surface area contributed by atoms with Crippen LogP contribution in [0, 0.1) is 0 Å². The molecule has 0 heterocycles. The van der Waals surface area contributed by atoms with Gasteiger partial charge in [0.05, 0.1) is 6.54 Å². The molecule has 0 saturated heterocycles. The summed E-state index contributed by atoms with van der Waals surface area (Å²) in [6.07, 6.45) is -3.52. The van der Waals surface area contributed by atoms with Gasteiger partial charge in [-0.05, 0) is 13.3 Å². The van der Waals surface area contributed by atoms with Gasteiger partial charge in [-0.3, -0.25) is 4.79 Å². The summed E-state index contributed by atoms with van der Waals surface area (Å²) in [5, 5.41) is 4.56. The summed E-state index contributed by atoms with van der Waals surface area (Å²) in [6.45, 7) is 2.43. The molecular weight excluding hydrogens is 197 g/mol. The highest BCUT2D eigenvalue weighted by Crippen LogP contribution is 2.11. The summed E-state index contributed by atoms with van der Waals surface area (Å²) < 4.78 is 34.9. The monoisotopic (exact) mass is 212 g/mol. The second-order valence-electron chi connectivity index (χ2n) is 3.08. The van der Waals surface area contributed by atoms with E-state index in [9.17, 15) is 18.0 Å². The van der Waals surface area contributed by atoms with Crippen molar-refractivity contribution in [2.24, 2.45) is 0 Å². The van der Waals surface area contributed by atoms with Crippen molar-refractivity contribution in [3.63, 3.8) is 0 Å². The van der Waals surface area contributed by atoms with E-state index in [0.717, 1.165) is 6.42 Å². The van der Waals surface area contributed by atoms with Gasteiger partial charge in [-0.2, -0.15) is 13.2 Å². The van der Waals surface area contributed by atoms with E-state index in [-0.39, 0.29) is 12.6 Å². The number of hydrogen-bond acceptors (Lipinski definition) is 2. The van der Waals surface area contributed by atoms with Crippen LogP contribution in [0.3, 0.4) is 0 Å². The Morgan fingerprint density at radius 3 is 2.43 bits per heavy atom. The minimum atomic E-state index is -4.34. The summed E-state index contributed by atoms with van der Waals surface area (Å²) in [7, 11) is 0. The Kier molecular flexibility index (Phi) is 5.52. The normalized spacial score (nSPS) is 13.8. The van der Waals surface area contributed by atoms with E-state index in [1.807, 2.05) is 13.8 Å². The van der Waals surface area contributed by atoms with Crippen LogP contribution in [0.1, 0.15) is 20.3 Å². The van der Waals surface area contributed by atoms with E-state index in [4.69, 9.17) is 0 Å². The van der Waals surface area contributed by atoms with Gasteiger partial charge in [-0.15, -0.1) is 0 Å². The van der Waals surface area contributed by atoms with Gasteiger partial charge in [-0.25, -0.2) is 0 Å². The van der Waals surface area contributed by atoms with Gasteiger partial charge in [0.15, 0.2) is 0 Å². The van der Waals surface area contributed by atoms with Crippen LogP contribution in [-0.4, -0.2) is 31.2 Å². The average Bonchev–Trinajstić information content (AvgIpc) is 2.09. The molecule has 0 aliphatic rings. The van der Waals surface area contributed by atoms with Crippen molar-refractivity contribution < 1.29 is 18.0 Å². The number of carbonyl (C=O) groups excluding carboxylic acids is 1. The van der Waals surface area contributed by atoms with Gasteiger partial charge in [-0.1, -0.05) is 6.92 Å². The Hall–Kier alpha value is -0.780. The maximum absolute atomic E-state index is 11.6. The van der Waals surface area contributed by atoms with Crippen molar-refractivity contribution in [3.8, 4) is 0 Å². The van der Waals surface area contributed by atoms with Crippen LogP contribution < -0.4 is 10.6 Å². The molecule has 0 rings (SSSR count). The standard InChI is InChI=1S/C8H15F3N2O/c1-3-6(2)12-4-7(14)13-5-8(9,10)11/h6,12H,3-5H2,1-2H3,(H,13,14). The lowest BCUT2D eigenvalue weighted by molar-refractivity contribution is -0.137. The van der Waals surface area contributed by atoms with Crippen LogP contribution in [0.4, 0.5) is 13.2 Å². The van der Waals surface area contributed by atoms with E-state index >= 15 is 0 Å². The number of rotatable bonds is 5. The van der Waals surface area contributed by atoms with E-state index in [0.29, 0.717) is 0 Å². The maximum Gasteiger partial charge on any atom is 0.405 e. The minimum Gasteiger partial charge on any atom is -0.346 e. The van der Waals surface area contributed by atoms with Crippen LogP contribution in [0.15, 0.2) is 0 Å². The summed E-state index contributed by atoms with van der Waals surface area (Å²) >= 11 is 0. The zero-order valence-corrected chi connectivity index (χ0v) is 8.24. The Morgan fingerprint density at radius 2 is 2.00 bits per heavy atom. The van der Waals surface area contributed by atoms with Crippen molar-refractivity contribution in [3.05, 3.63) is 0 Å². The maximum atomic E-state index is 11.6. The molecule has 0 radical (unpaired) electrons. The number of hydrogen-bond donors (Lipinski definition) is 2. The molecule has 0 aliphatic carbocycles. The van der Waals surface area contributed by atoms with Crippen molar-refractivity contribution in [1.29, 1.82) is 0 Å². The van der Waals surface area contributed by atoms with Crippen LogP contribution >= 0.6 is 0 Å². The van der Waals surface area contributed by atoms with E-state index in [1.165, 1.54) is 0 Å². The van der Waals surface area contributed by atoms with Gasteiger partial charge in [0.1, 0.15) is 6.54 Å². The lowest BCUT2D eigenvalue weighted by Crippen LogP contribution is -2.41. The number of amides is 1. The fraction of sp³-hybridized carbons (Fsp3) is 0.875. The van der Waals surface area contributed by atoms with E-state index in [2.05, 4.69) is 5.32 Å². The Bertz CT molecular complexity index is 182. The topological polar surface area (TPSA) is 41.1 Å². The molecule has 6 heteroatoms. The molecule has 3 nitrogen and oxygen atoms in total. The molecule has 1 unspecified atom stereocenters. The molecule has 0 spiro atoms. The van der Waals surface area contributed by atoms with Gasteiger partial charge < -0.3 is 10.6 Å². The fourth-order valence-corrected chi connectivity index (χ4v) is 0.673. The third kappa shape index (κ3) is 7.85. The predicted octanol–water partition coefficient (Wildman–Crippen LogP) is 1.05. The smallest absolute Gasteiger partial charge is 0.346 e. The first-order valence-electron chi connectivity index (χ1n) is 4.42. The predicted molar refractivity (Wildman–Crippen MR) is 46.8 cm³/mol. The molecule has 0 aromatic heterocycles. The third-order valence-corrected chi connectivity index (χ3v) is 1.71. The van der Waals surface area contributed by atoms with Gasteiger partial charge in [0.2, 0.25) is 5.91 Å². The lowest BCUT2D eigenvalue weighted by atomic mass is 10.2. The van der Waals surface area contributed by atoms with Crippen LogP contribution in [-0.2, 0) is 4.79 Å². The zero-order chi connectivity index (χ0) is 11.2. The molecule has 0 aromatic rings. The lowest BCUT2D eigenvalue weighted by Gasteiger charge is -2.12. The summed E-state index contributed by atoms with van der Waals surface area (Å²) in [5.41, 5.74) is 0. The number of halogens is 3. The van der Waals surface area contributed by atoms with Gasteiger partial charge in [0, 0.05) is 6.04 Å². The zero-order valence-electron chi connectivity index (χ0n) is 8.24. The van der Waals surface area contributed by atoms with Crippen LogP contribution in [0.25, 0.3) is 0 Å². The van der Waals surface area contributed by atoms with Gasteiger partial charge in [0.25, 0.3) is 0 Å². The van der Waals surface area contributed by atoms with Gasteiger partial charge >= 0.3 is 6.18 Å². The first-order chi connectivity index (χ1) is 6.35. The highest BCUT2D eigenvalue weighted by Gasteiger charge is 2.27. The number of alkyl halides is 3. The number of carbonyl (C=O) groups is 1. The molecule has 0 saturated carbocycles. The second-order valence-corrected chi connectivity index (χ2v) is 3.08. The SMILES string of the molecule is CCC(C)NCC(=O)NCC(F)(F)F. The Morgan fingerprint density at radius 1 is 1.43 bits per heavy atom. The molecule has 0 aromatic carbocycles. The van der Waals surface area contributed by atoms with Crippen LogP contribution in [0.2, 0.25) is 0 Å². The van der Waals surface area contributed by atoms with E-state index in [1.54, 1.807) is 5.32 Å². The van der Waals surface area contributed by atoms with Crippen LogP contribution in [0.5, 0.6) is 0 Å². The van der Waals surface area contributed by atoms with E-state index < -0.39 is 18.6 Å². The van der Waals surface area contributed by atoms with Crippen molar-refractivity contribution in [2.75, 3.05) is 13.1 Å². The average molecular weight is 212 g/mol. The van der Waals surface area contributed by atoms with Crippen molar-refractivity contribution in [2.45, 2.75) is 32.5 Å². The highest BCUT2D eigenvalue weighted by molar-refractivity contribution is 5.78. The molecule has 1 amide bonds. The fourth-order valence-electron chi connectivity index (χ4n) is 0.673. The first-order valence-corrected chi connectivity index (χ1v) is 4.42. The quantitative estimate of drug-likeness (QED) is 0.715. The van der Waals surface area contributed by atoms with Crippen molar-refractivity contribution in [1.82, 2.24) is 10.6 Å². The molecule has 0 bridgehead atoms. The summed E-state index contributed by atoms with van der Waals surface area (Å²) in [6, 6.07) is 0.131. The first kappa shape index (κ1) is 13.2. The third-order valence-electron chi connectivity index (χ3n) is 1.71. The molecule has 14 heavy (non-hydrogen) atoms. The molecule has 0 fully saturated rings. The molecule has 1 atom stereocenters. The molecular formula is C8H15F3N2O.